The minimum atomic E-state index is 0.679. The maximum Gasteiger partial charge on any atom is 0.0716 e. The van der Waals surface area contributed by atoms with Crippen LogP contribution in [0, 0.1) is 5.92 Å². The molecule has 0 saturated carbocycles. The van der Waals surface area contributed by atoms with Crippen LogP contribution in [-0.4, -0.2) is 6.61 Å². The largest absolute Gasteiger partial charge is 0.377 e. The van der Waals surface area contributed by atoms with Crippen molar-refractivity contribution in [2.24, 2.45) is 5.92 Å². The number of benzene rings is 1. The molecule has 0 aliphatic rings. The summed E-state index contributed by atoms with van der Waals surface area (Å²) in [5, 5.41) is 0. The van der Waals surface area contributed by atoms with Crippen molar-refractivity contribution < 1.29 is 4.74 Å². The van der Waals surface area contributed by atoms with Gasteiger partial charge in [-0.25, -0.2) is 0 Å². The molecule has 0 saturated heterocycles. The van der Waals surface area contributed by atoms with Crippen molar-refractivity contribution in [1.29, 1.82) is 0 Å². The third kappa shape index (κ3) is 5.38. The Morgan fingerprint density at radius 2 is 2.07 bits per heavy atom. The Bertz CT molecular complexity index is 266. The first-order valence-electron chi connectivity index (χ1n) is 5.55. The van der Waals surface area contributed by atoms with Crippen LogP contribution in [0.15, 0.2) is 43.0 Å². The molecule has 0 aliphatic carbocycles. The molecule has 15 heavy (non-hydrogen) atoms. The van der Waals surface area contributed by atoms with Crippen LogP contribution in [0.4, 0.5) is 0 Å². The molecule has 0 bridgehead atoms. The van der Waals surface area contributed by atoms with Crippen molar-refractivity contribution in [2.75, 3.05) is 6.61 Å². The van der Waals surface area contributed by atoms with Gasteiger partial charge in [-0.2, -0.15) is 0 Å². The standard InChI is InChI=1S/C14H20O/c1-3-7-13(2)10-11-15-12-14-8-5-4-6-9-14/h3-6,8-9,13H,1,7,10-12H2,2H3/t13-/m1/s1. The lowest BCUT2D eigenvalue weighted by molar-refractivity contribution is 0.109. The van der Waals surface area contributed by atoms with Crippen molar-refractivity contribution in [3.05, 3.63) is 48.6 Å². The molecule has 0 spiro atoms. The van der Waals surface area contributed by atoms with E-state index in [1.807, 2.05) is 24.3 Å². The van der Waals surface area contributed by atoms with Crippen LogP contribution in [-0.2, 0) is 11.3 Å². The normalized spacial score (nSPS) is 12.3. The van der Waals surface area contributed by atoms with Gasteiger partial charge in [0, 0.05) is 6.61 Å². The first kappa shape index (κ1) is 12.0. The molecule has 0 amide bonds. The fourth-order valence-electron chi connectivity index (χ4n) is 1.45. The molecule has 0 unspecified atom stereocenters. The van der Waals surface area contributed by atoms with Gasteiger partial charge in [0.25, 0.3) is 0 Å². The molecule has 1 aromatic carbocycles. The zero-order chi connectivity index (χ0) is 10.9. The molecule has 0 fully saturated rings. The van der Waals surface area contributed by atoms with Gasteiger partial charge >= 0.3 is 0 Å². The van der Waals surface area contributed by atoms with Crippen molar-refractivity contribution in [1.82, 2.24) is 0 Å². The van der Waals surface area contributed by atoms with Crippen LogP contribution in [0.3, 0.4) is 0 Å². The number of ether oxygens (including phenoxy) is 1. The first-order chi connectivity index (χ1) is 7.33. The predicted molar refractivity (Wildman–Crippen MR) is 64.7 cm³/mol. The maximum absolute atomic E-state index is 5.60. The highest BCUT2D eigenvalue weighted by Crippen LogP contribution is 2.08. The van der Waals surface area contributed by atoms with Gasteiger partial charge in [0.2, 0.25) is 0 Å². The predicted octanol–water partition coefficient (Wildman–Crippen LogP) is 3.81. The molecular weight excluding hydrogens is 184 g/mol. The minimum Gasteiger partial charge on any atom is -0.377 e. The lowest BCUT2D eigenvalue weighted by Gasteiger charge is -2.09. The molecule has 1 nitrogen and oxygen atoms in total. The summed E-state index contributed by atoms with van der Waals surface area (Å²) in [5.41, 5.74) is 1.24. The molecule has 1 heteroatoms. The second-order valence-corrected chi connectivity index (χ2v) is 3.96. The molecule has 0 aliphatic heterocycles. The lowest BCUT2D eigenvalue weighted by atomic mass is 10.1. The molecule has 0 heterocycles. The molecule has 0 N–H and O–H groups in total. The van der Waals surface area contributed by atoms with Crippen molar-refractivity contribution >= 4 is 0 Å². The van der Waals surface area contributed by atoms with Crippen LogP contribution in [0.5, 0.6) is 0 Å². The molecule has 0 aromatic heterocycles. The SMILES string of the molecule is C=CC[C@@H](C)CCOCc1ccccc1. The Kier molecular flexibility index (Phi) is 5.79. The Hall–Kier alpha value is -1.08. The van der Waals surface area contributed by atoms with Gasteiger partial charge in [-0.1, -0.05) is 43.3 Å². The molecular formula is C14H20O. The average Bonchev–Trinajstić information content (AvgIpc) is 2.26. The van der Waals surface area contributed by atoms with E-state index in [-0.39, 0.29) is 0 Å². The van der Waals surface area contributed by atoms with Gasteiger partial charge in [-0.15, -0.1) is 6.58 Å². The highest BCUT2D eigenvalue weighted by atomic mass is 16.5. The van der Waals surface area contributed by atoms with E-state index >= 15 is 0 Å². The van der Waals surface area contributed by atoms with Gasteiger partial charge in [-0.3, -0.25) is 0 Å². The smallest absolute Gasteiger partial charge is 0.0716 e. The summed E-state index contributed by atoms with van der Waals surface area (Å²) < 4.78 is 5.60. The second-order valence-electron chi connectivity index (χ2n) is 3.96. The maximum atomic E-state index is 5.60. The van der Waals surface area contributed by atoms with Gasteiger partial charge in [0.1, 0.15) is 0 Å². The van der Waals surface area contributed by atoms with Crippen molar-refractivity contribution in [2.45, 2.75) is 26.4 Å². The molecule has 0 radical (unpaired) electrons. The Morgan fingerprint density at radius 3 is 2.73 bits per heavy atom. The number of hydrogen-bond donors (Lipinski definition) is 0. The van der Waals surface area contributed by atoms with E-state index in [1.165, 1.54) is 5.56 Å². The number of allylic oxidation sites excluding steroid dienone is 1. The zero-order valence-electron chi connectivity index (χ0n) is 9.49. The van der Waals surface area contributed by atoms with E-state index in [9.17, 15) is 0 Å². The average molecular weight is 204 g/mol. The summed E-state index contributed by atoms with van der Waals surface area (Å²) in [5.74, 6) is 0.679. The van der Waals surface area contributed by atoms with Crippen molar-refractivity contribution in [3.63, 3.8) is 0 Å². The van der Waals surface area contributed by atoms with Crippen LogP contribution >= 0.6 is 0 Å². The van der Waals surface area contributed by atoms with E-state index in [0.29, 0.717) is 5.92 Å². The van der Waals surface area contributed by atoms with E-state index < -0.39 is 0 Å². The van der Waals surface area contributed by atoms with E-state index in [0.717, 1.165) is 26.1 Å². The number of hydrogen-bond acceptors (Lipinski definition) is 1. The summed E-state index contributed by atoms with van der Waals surface area (Å²) in [6, 6.07) is 10.3. The van der Waals surface area contributed by atoms with Gasteiger partial charge in [0.05, 0.1) is 6.61 Å². The highest BCUT2D eigenvalue weighted by Gasteiger charge is 1.99. The fourth-order valence-corrected chi connectivity index (χ4v) is 1.45. The van der Waals surface area contributed by atoms with Crippen LogP contribution in [0.1, 0.15) is 25.3 Å². The second kappa shape index (κ2) is 7.24. The van der Waals surface area contributed by atoms with Crippen LogP contribution < -0.4 is 0 Å². The Labute approximate surface area is 92.8 Å². The Morgan fingerprint density at radius 1 is 1.33 bits per heavy atom. The minimum absolute atomic E-state index is 0.679. The van der Waals surface area contributed by atoms with Crippen LogP contribution in [0.2, 0.25) is 0 Å². The topological polar surface area (TPSA) is 9.23 Å². The van der Waals surface area contributed by atoms with Gasteiger partial charge in [-0.05, 0) is 24.3 Å². The third-order valence-corrected chi connectivity index (χ3v) is 2.44. The monoisotopic (exact) mass is 204 g/mol. The molecule has 1 rings (SSSR count). The summed E-state index contributed by atoms with van der Waals surface area (Å²) in [4.78, 5) is 0. The zero-order valence-corrected chi connectivity index (χ0v) is 9.49. The molecule has 1 atom stereocenters. The van der Waals surface area contributed by atoms with Gasteiger partial charge < -0.3 is 4.74 Å². The quantitative estimate of drug-likeness (QED) is 0.485. The van der Waals surface area contributed by atoms with E-state index in [4.69, 9.17) is 4.74 Å². The van der Waals surface area contributed by atoms with Gasteiger partial charge in [0.15, 0.2) is 0 Å². The third-order valence-electron chi connectivity index (χ3n) is 2.44. The van der Waals surface area contributed by atoms with Crippen molar-refractivity contribution in [3.8, 4) is 0 Å². The summed E-state index contributed by atoms with van der Waals surface area (Å²) in [6.45, 7) is 7.53. The molecule has 1 aromatic rings. The van der Waals surface area contributed by atoms with E-state index in [2.05, 4.69) is 25.6 Å². The lowest BCUT2D eigenvalue weighted by Crippen LogP contribution is -2.01. The Balaban J connectivity index is 2.09. The highest BCUT2D eigenvalue weighted by molar-refractivity contribution is 5.13. The van der Waals surface area contributed by atoms with Crippen LogP contribution in [0.25, 0.3) is 0 Å². The first-order valence-corrected chi connectivity index (χ1v) is 5.55. The summed E-state index contributed by atoms with van der Waals surface area (Å²) >= 11 is 0. The number of rotatable bonds is 7. The van der Waals surface area contributed by atoms with E-state index in [1.54, 1.807) is 0 Å². The fraction of sp³-hybridized carbons (Fsp3) is 0.429. The molecule has 82 valence electrons. The summed E-state index contributed by atoms with van der Waals surface area (Å²) in [7, 11) is 0. The summed E-state index contributed by atoms with van der Waals surface area (Å²) in [6.07, 6.45) is 4.16.